The average Bonchev–Trinajstić information content (AvgIpc) is 2.74. The zero-order valence-electron chi connectivity index (χ0n) is 8.66. The number of benzene rings is 1. The molecule has 2 aromatic rings. The molecule has 82 valence electrons. The first-order valence-corrected chi connectivity index (χ1v) is 5.71. The molecule has 0 bridgehead atoms. The molecule has 1 aromatic carbocycles. The Bertz CT molecular complexity index is 521. The topological polar surface area (TPSA) is 38.1 Å². The zero-order chi connectivity index (χ0) is 11.0. The van der Waals surface area contributed by atoms with Gasteiger partial charge in [0, 0.05) is 18.5 Å². The molecule has 0 saturated heterocycles. The van der Waals surface area contributed by atoms with Crippen LogP contribution in [0, 0.1) is 0 Å². The van der Waals surface area contributed by atoms with E-state index < -0.39 is 0 Å². The number of nitrogens with zero attached hydrogens (tertiary/aromatic N) is 1. The molecule has 1 aliphatic heterocycles. The Morgan fingerprint density at radius 2 is 2.19 bits per heavy atom. The summed E-state index contributed by atoms with van der Waals surface area (Å²) in [5, 5.41) is 8.13. The number of hydrogen-bond acceptors (Lipinski definition) is 3. The smallest absolute Gasteiger partial charge is 0.160 e. The Morgan fingerprint density at radius 1 is 1.31 bits per heavy atom. The van der Waals surface area contributed by atoms with E-state index in [1.54, 1.807) is 0 Å². The van der Waals surface area contributed by atoms with Crippen LogP contribution in [0.3, 0.4) is 0 Å². The maximum absolute atomic E-state index is 6.15. The molecular weight excluding hydrogens is 224 g/mol. The maximum Gasteiger partial charge on any atom is 0.160 e. The molecule has 1 aromatic heterocycles. The van der Waals surface area contributed by atoms with E-state index in [9.17, 15) is 0 Å². The van der Waals surface area contributed by atoms with Gasteiger partial charge in [-0.15, -0.1) is 0 Å². The summed E-state index contributed by atoms with van der Waals surface area (Å²) in [5.74, 6) is 0.932. The van der Waals surface area contributed by atoms with E-state index in [1.807, 2.05) is 24.3 Å². The molecule has 16 heavy (non-hydrogen) atoms. The lowest BCUT2D eigenvalue weighted by Crippen LogP contribution is -2.10. The van der Waals surface area contributed by atoms with Crippen LogP contribution in [0.1, 0.15) is 12.2 Å². The van der Waals surface area contributed by atoms with Gasteiger partial charge < -0.3 is 9.84 Å². The van der Waals surface area contributed by atoms with Crippen LogP contribution in [0.15, 0.2) is 28.8 Å². The van der Waals surface area contributed by atoms with Crippen molar-refractivity contribution in [1.82, 2.24) is 5.16 Å². The third-order valence-electron chi connectivity index (χ3n) is 2.77. The van der Waals surface area contributed by atoms with E-state index in [2.05, 4.69) is 10.5 Å². The van der Waals surface area contributed by atoms with Crippen LogP contribution in [0.5, 0.6) is 0 Å². The van der Waals surface area contributed by atoms with Crippen LogP contribution in [-0.2, 0) is 6.42 Å². The lowest BCUT2D eigenvalue weighted by molar-refractivity contribution is 0.382. The van der Waals surface area contributed by atoms with Gasteiger partial charge in [-0.05, 0) is 12.5 Å². The third-order valence-corrected chi connectivity index (χ3v) is 3.10. The summed E-state index contributed by atoms with van der Waals surface area (Å²) in [6.07, 6.45) is 2.03. The highest BCUT2D eigenvalue weighted by Crippen LogP contribution is 2.36. The van der Waals surface area contributed by atoms with Crippen LogP contribution in [0.25, 0.3) is 11.3 Å². The van der Waals surface area contributed by atoms with Crippen molar-refractivity contribution >= 4 is 17.3 Å². The lowest BCUT2D eigenvalue weighted by Gasteiger charge is -2.12. The molecular formula is C12H11ClN2O. The fraction of sp³-hybridized carbons (Fsp3) is 0.250. The normalized spacial score (nSPS) is 14.3. The van der Waals surface area contributed by atoms with Gasteiger partial charge in [0.25, 0.3) is 0 Å². The van der Waals surface area contributed by atoms with Crippen LogP contribution in [-0.4, -0.2) is 11.7 Å². The van der Waals surface area contributed by atoms with Crippen molar-refractivity contribution in [2.75, 3.05) is 11.9 Å². The molecule has 4 heteroatoms. The summed E-state index contributed by atoms with van der Waals surface area (Å²) in [7, 11) is 0. The standard InChI is InChI=1S/C12H11ClN2O/c13-9-5-2-1-4-8(9)11-12-10(16-15-11)6-3-7-14-12/h1-2,4-5,14H,3,6-7H2. The van der Waals surface area contributed by atoms with E-state index in [0.29, 0.717) is 5.02 Å². The molecule has 2 heterocycles. The van der Waals surface area contributed by atoms with Gasteiger partial charge in [-0.25, -0.2) is 0 Å². The minimum Gasteiger partial charge on any atom is -0.380 e. The second-order valence-electron chi connectivity index (χ2n) is 3.84. The van der Waals surface area contributed by atoms with Crippen molar-refractivity contribution in [2.45, 2.75) is 12.8 Å². The number of nitrogens with one attached hydrogen (secondary N) is 1. The Hall–Kier alpha value is -1.48. The number of hydrogen-bond donors (Lipinski definition) is 1. The van der Waals surface area contributed by atoms with E-state index in [-0.39, 0.29) is 0 Å². The highest BCUT2D eigenvalue weighted by Gasteiger charge is 2.21. The van der Waals surface area contributed by atoms with Gasteiger partial charge in [0.05, 0.1) is 5.02 Å². The first kappa shape index (κ1) is 9.73. The van der Waals surface area contributed by atoms with Gasteiger partial charge in [-0.1, -0.05) is 35.0 Å². The van der Waals surface area contributed by atoms with Gasteiger partial charge in [0.15, 0.2) is 5.76 Å². The van der Waals surface area contributed by atoms with Gasteiger partial charge in [-0.2, -0.15) is 0 Å². The molecule has 0 atom stereocenters. The average molecular weight is 235 g/mol. The SMILES string of the molecule is Clc1ccccc1-c1noc2c1NCCC2. The van der Waals surface area contributed by atoms with Gasteiger partial charge in [0.2, 0.25) is 0 Å². The van der Waals surface area contributed by atoms with E-state index in [1.165, 1.54) is 0 Å². The minimum absolute atomic E-state index is 0.700. The van der Waals surface area contributed by atoms with Crippen molar-refractivity contribution in [3.05, 3.63) is 35.0 Å². The zero-order valence-corrected chi connectivity index (χ0v) is 9.42. The molecule has 1 N–H and O–H groups in total. The number of rotatable bonds is 1. The Labute approximate surface area is 98.4 Å². The summed E-state index contributed by atoms with van der Waals surface area (Å²) in [4.78, 5) is 0. The molecule has 0 aliphatic carbocycles. The fourth-order valence-electron chi connectivity index (χ4n) is 1.98. The molecule has 0 unspecified atom stereocenters. The molecule has 0 amide bonds. The highest BCUT2D eigenvalue weighted by molar-refractivity contribution is 6.33. The summed E-state index contributed by atoms with van der Waals surface area (Å²) < 4.78 is 5.33. The van der Waals surface area contributed by atoms with Crippen LogP contribution in [0.4, 0.5) is 5.69 Å². The Kier molecular flexibility index (Phi) is 2.33. The minimum atomic E-state index is 0.700. The summed E-state index contributed by atoms with van der Waals surface area (Å²) in [6, 6.07) is 7.68. The van der Waals surface area contributed by atoms with Gasteiger partial charge >= 0.3 is 0 Å². The number of fused-ring (bicyclic) bond motifs is 1. The first-order valence-electron chi connectivity index (χ1n) is 5.33. The van der Waals surface area contributed by atoms with Crippen LogP contribution >= 0.6 is 11.6 Å². The molecule has 1 aliphatic rings. The molecule has 0 fully saturated rings. The highest BCUT2D eigenvalue weighted by atomic mass is 35.5. The van der Waals surface area contributed by atoms with Crippen molar-refractivity contribution in [2.24, 2.45) is 0 Å². The van der Waals surface area contributed by atoms with Crippen molar-refractivity contribution in [3.8, 4) is 11.3 Å². The second kappa shape index (κ2) is 3.83. The van der Waals surface area contributed by atoms with E-state index in [4.69, 9.17) is 16.1 Å². The molecule has 0 saturated carbocycles. The first-order chi connectivity index (χ1) is 7.86. The summed E-state index contributed by atoms with van der Waals surface area (Å²) >= 11 is 6.15. The van der Waals surface area contributed by atoms with Crippen LogP contribution < -0.4 is 5.32 Å². The van der Waals surface area contributed by atoms with E-state index in [0.717, 1.165) is 42.1 Å². The van der Waals surface area contributed by atoms with Crippen molar-refractivity contribution in [3.63, 3.8) is 0 Å². The molecule has 0 radical (unpaired) electrons. The Morgan fingerprint density at radius 3 is 3.06 bits per heavy atom. The summed E-state index contributed by atoms with van der Waals surface area (Å²) in [6.45, 7) is 0.964. The number of halogens is 1. The van der Waals surface area contributed by atoms with E-state index >= 15 is 0 Å². The molecule has 0 spiro atoms. The van der Waals surface area contributed by atoms with Gasteiger partial charge in [0.1, 0.15) is 11.4 Å². The maximum atomic E-state index is 6.15. The lowest BCUT2D eigenvalue weighted by atomic mass is 10.1. The predicted octanol–water partition coefficient (Wildman–Crippen LogP) is 3.35. The quantitative estimate of drug-likeness (QED) is 0.822. The second-order valence-corrected chi connectivity index (χ2v) is 4.25. The van der Waals surface area contributed by atoms with Crippen LogP contribution in [0.2, 0.25) is 5.02 Å². The van der Waals surface area contributed by atoms with Crippen molar-refractivity contribution in [1.29, 1.82) is 0 Å². The number of aromatic nitrogens is 1. The largest absolute Gasteiger partial charge is 0.380 e. The number of aryl methyl sites for hydroxylation is 1. The third kappa shape index (κ3) is 1.48. The predicted molar refractivity (Wildman–Crippen MR) is 63.8 cm³/mol. The fourth-order valence-corrected chi connectivity index (χ4v) is 2.20. The van der Waals surface area contributed by atoms with Gasteiger partial charge in [-0.3, -0.25) is 0 Å². The Balaban J connectivity index is 2.13. The van der Waals surface area contributed by atoms with Crippen molar-refractivity contribution < 1.29 is 4.52 Å². The molecule has 3 rings (SSSR count). The molecule has 3 nitrogen and oxygen atoms in total. The summed E-state index contributed by atoms with van der Waals surface area (Å²) in [5.41, 5.74) is 2.74. The monoisotopic (exact) mass is 234 g/mol. The number of anilines is 1.